The number of aliphatic hydroxyl groups is 1. The Morgan fingerprint density at radius 2 is 2.00 bits per heavy atom. The topological polar surface area (TPSA) is 54.4 Å². The van der Waals surface area contributed by atoms with Gasteiger partial charge in [-0.25, -0.2) is 4.98 Å². The predicted octanol–water partition coefficient (Wildman–Crippen LogP) is 3.04. The van der Waals surface area contributed by atoms with E-state index in [1.165, 1.54) is 12.8 Å². The summed E-state index contributed by atoms with van der Waals surface area (Å²) in [6.07, 6.45) is 8.43. The molecule has 1 aliphatic carbocycles. The first-order valence-electron chi connectivity index (χ1n) is 8.13. The maximum atomic E-state index is 10.6. The second-order valence-electron chi connectivity index (χ2n) is 6.38. The van der Waals surface area contributed by atoms with Crippen LogP contribution in [0.5, 0.6) is 5.88 Å². The number of ether oxygens (including phenoxy) is 1. The fourth-order valence-corrected chi connectivity index (χ4v) is 2.88. The van der Waals surface area contributed by atoms with Gasteiger partial charge in [0, 0.05) is 24.8 Å². The summed E-state index contributed by atoms with van der Waals surface area (Å²) in [4.78, 5) is 4.29. The summed E-state index contributed by atoms with van der Waals surface area (Å²) < 4.78 is 5.72. The van der Waals surface area contributed by atoms with Crippen LogP contribution in [0.25, 0.3) is 0 Å². The van der Waals surface area contributed by atoms with E-state index in [0.717, 1.165) is 31.2 Å². The van der Waals surface area contributed by atoms with E-state index < -0.39 is 5.60 Å². The van der Waals surface area contributed by atoms with E-state index in [-0.39, 0.29) is 6.10 Å². The zero-order chi connectivity index (χ0) is 15.1. The Morgan fingerprint density at radius 3 is 2.67 bits per heavy atom. The number of pyridine rings is 1. The summed E-state index contributed by atoms with van der Waals surface area (Å²) >= 11 is 0. The van der Waals surface area contributed by atoms with Crippen molar-refractivity contribution in [3.8, 4) is 5.88 Å². The van der Waals surface area contributed by atoms with Crippen LogP contribution < -0.4 is 10.1 Å². The number of nitrogens with zero attached hydrogens (tertiary/aromatic N) is 1. The van der Waals surface area contributed by atoms with Crippen LogP contribution in [0.1, 0.15) is 57.9 Å². The van der Waals surface area contributed by atoms with Crippen molar-refractivity contribution in [1.29, 1.82) is 0 Å². The number of nitrogens with one attached hydrogen (secondary N) is 1. The average molecular weight is 292 g/mol. The second kappa shape index (κ2) is 7.76. The van der Waals surface area contributed by atoms with Gasteiger partial charge in [0.2, 0.25) is 5.88 Å². The molecule has 1 aromatic heterocycles. The Kier molecular flexibility index (Phi) is 6.00. The molecule has 0 saturated heterocycles. The number of hydrogen-bond acceptors (Lipinski definition) is 4. The standard InChI is InChI=1S/C17H28N2O2/c1-14(2)21-16-15(8-7-11-19-16)12-18-13-17(20)9-5-3-4-6-10-17/h7-8,11,14,18,20H,3-6,9-10,12-13H2,1-2H3. The van der Waals surface area contributed by atoms with Crippen molar-refractivity contribution in [3.63, 3.8) is 0 Å². The molecule has 0 atom stereocenters. The Bertz CT molecular complexity index is 427. The van der Waals surface area contributed by atoms with E-state index >= 15 is 0 Å². The highest BCUT2D eigenvalue weighted by molar-refractivity contribution is 5.25. The summed E-state index contributed by atoms with van der Waals surface area (Å²) in [5.41, 5.74) is 0.501. The lowest BCUT2D eigenvalue weighted by molar-refractivity contribution is 0.0249. The Labute approximate surface area is 127 Å². The van der Waals surface area contributed by atoms with E-state index in [9.17, 15) is 5.11 Å². The summed E-state index contributed by atoms with van der Waals surface area (Å²) in [6.45, 7) is 5.32. The second-order valence-corrected chi connectivity index (χ2v) is 6.38. The van der Waals surface area contributed by atoms with Crippen LogP contribution in [0, 0.1) is 0 Å². The molecule has 1 saturated carbocycles. The molecule has 1 aliphatic rings. The first-order chi connectivity index (χ1) is 10.1. The molecule has 2 N–H and O–H groups in total. The van der Waals surface area contributed by atoms with Crippen LogP contribution in [-0.2, 0) is 6.54 Å². The van der Waals surface area contributed by atoms with Crippen LogP contribution in [0.4, 0.5) is 0 Å². The van der Waals surface area contributed by atoms with Crippen LogP contribution in [-0.4, -0.2) is 28.3 Å². The van der Waals surface area contributed by atoms with Gasteiger partial charge in [0.25, 0.3) is 0 Å². The van der Waals surface area contributed by atoms with Crippen molar-refractivity contribution in [3.05, 3.63) is 23.9 Å². The molecule has 1 fully saturated rings. The molecule has 1 heterocycles. The van der Waals surface area contributed by atoms with Crippen LogP contribution >= 0.6 is 0 Å². The van der Waals surface area contributed by atoms with Gasteiger partial charge in [-0.3, -0.25) is 0 Å². The van der Waals surface area contributed by atoms with Gasteiger partial charge in [0.1, 0.15) is 0 Å². The maximum absolute atomic E-state index is 10.6. The van der Waals surface area contributed by atoms with Gasteiger partial charge < -0.3 is 15.2 Å². The molecule has 0 bridgehead atoms. The van der Waals surface area contributed by atoms with E-state index in [0.29, 0.717) is 19.0 Å². The highest BCUT2D eigenvalue weighted by atomic mass is 16.5. The summed E-state index contributed by atoms with van der Waals surface area (Å²) in [5, 5.41) is 14.0. The molecule has 0 amide bonds. The third kappa shape index (κ3) is 5.29. The van der Waals surface area contributed by atoms with Gasteiger partial charge in [-0.05, 0) is 32.8 Å². The van der Waals surface area contributed by atoms with Gasteiger partial charge in [0.15, 0.2) is 0 Å². The molecule has 0 spiro atoms. The number of rotatable bonds is 6. The SMILES string of the molecule is CC(C)Oc1ncccc1CNCC1(O)CCCCCC1. The molecule has 0 radical (unpaired) electrons. The van der Waals surface area contributed by atoms with E-state index in [1.807, 2.05) is 26.0 Å². The Balaban J connectivity index is 1.88. The van der Waals surface area contributed by atoms with Gasteiger partial charge in [-0.15, -0.1) is 0 Å². The highest BCUT2D eigenvalue weighted by Gasteiger charge is 2.27. The van der Waals surface area contributed by atoms with Crippen molar-refractivity contribution in [1.82, 2.24) is 10.3 Å². The molecule has 118 valence electrons. The van der Waals surface area contributed by atoms with Crippen molar-refractivity contribution < 1.29 is 9.84 Å². The Hall–Kier alpha value is -1.13. The molecule has 0 unspecified atom stereocenters. The molecule has 0 aromatic carbocycles. The lowest BCUT2D eigenvalue weighted by Crippen LogP contribution is -2.40. The minimum absolute atomic E-state index is 0.115. The smallest absolute Gasteiger partial charge is 0.218 e. The third-order valence-corrected chi connectivity index (χ3v) is 4.00. The van der Waals surface area contributed by atoms with Gasteiger partial charge in [-0.1, -0.05) is 31.7 Å². The molecule has 4 heteroatoms. The quantitative estimate of drug-likeness (QED) is 0.791. The Morgan fingerprint density at radius 1 is 1.29 bits per heavy atom. The number of hydrogen-bond donors (Lipinski definition) is 2. The normalized spacial score (nSPS) is 18.5. The molecular formula is C17H28N2O2. The summed E-state index contributed by atoms with van der Waals surface area (Å²) in [6, 6.07) is 3.94. The van der Waals surface area contributed by atoms with Gasteiger partial charge in [0.05, 0.1) is 11.7 Å². The molecule has 0 aliphatic heterocycles. The lowest BCUT2D eigenvalue weighted by Gasteiger charge is -2.27. The third-order valence-electron chi connectivity index (χ3n) is 4.00. The lowest BCUT2D eigenvalue weighted by atomic mass is 9.94. The van der Waals surface area contributed by atoms with E-state index in [2.05, 4.69) is 10.3 Å². The van der Waals surface area contributed by atoms with E-state index in [4.69, 9.17) is 4.74 Å². The minimum atomic E-state index is -0.544. The van der Waals surface area contributed by atoms with Crippen molar-refractivity contribution in [2.75, 3.05) is 6.54 Å². The number of aromatic nitrogens is 1. The van der Waals surface area contributed by atoms with Crippen molar-refractivity contribution in [2.24, 2.45) is 0 Å². The summed E-state index contributed by atoms with van der Waals surface area (Å²) in [5.74, 6) is 0.688. The van der Waals surface area contributed by atoms with Crippen molar-refractivity contribution in [2.45, 2.75) is 70.6 Å². The predicted molar refractivity (Wildman–Crippen MR) is 84.4 cm³/mol. The monoisotopic (exact) mass is 292 g/mol. The first-order valence-corrected chi connectivity index (χ1v) is 8.13. The van der Waals surface area contributed by atoms with Crippen LogP contribution in [0.3, 0.4) is 0 Å². The van der Waals surface area contributed by atoms with E-state index in [1.54, 1.807) is 6.20 Å². The minimum Gasteiger partial charge on any atom is -0.475 e. The molecule has 21 heavy (non-hydrogen) atoms. The highest BCUT2D eigenvalue weighted by Crippen LogP contribution is 2.26. The molecule has 4 nitrogen and oxygen atoms in total. The van der Waals surface area contributed by atoms with Crippen molar-refractivity contribution >= 4 is 0 Å². The van der Waals surface area contributed by atoms with Gasteiger partial charge in [-0.2, -0.15) is 0 Å². The zero-order valence-electron chi connectivity index (χ0n) is 13.3. The molecule has 2 rings (SSSR count). The largest absolute Gasteiger partial charge is 0.475 e. The first kappa shape index (κ1) is 16.2. The molecular weight excluding hydrogens is 264 g/mol. The zero-order valence-corrected chi connectivity index (χ0v) is 13.3. The molecule has 1 aromatic rings. The van der Waals surface area contributed by atoms with Crippen LogP contribution in [0.2, 0.25) is 0 Å². The fourth-order valence-electron chi connectivity index (χ4n) is 2.88. The maximum Gasteiger partial charge on any atom is 0.218 e. The average Bonchev–Trinajstić information content (AvgIpc) is 2.65. The van der Waals surface area contributed by atoms with Gasteiger partial charge >= 0.3 is 0 Å². The van der Waals surface area contributed by atoms with Crippen LogP contribution in [0.15, 0.2) is 18.3 Å². The summed E-state index contributed by atoms with van der Waals surface area (Å²) in [7, 11) is 0. The fraction of sp³-hybridized carbons (Fsp3) is 0.706.